The quantitative estimate of drug-likeness (QED) is 0.504. The SMILES string of the molecule is CNC(=O)C1CC(O)CN1C. The number of hydrogen-bond acceptors (Lipinski definition) is 3. The molecule has 0 radical (unpaired) electrons. The molecule has 0 saturated carbocycles. The maximum absolute atomic E-state index is 11.1. The van der Waals surface area contributed by atoms with Crippen molar-refractivity contribution in [3.8, 4) is 0 Å². The number of nitrogens with one attached hydrogen (secondary N) is 1. The highest BCUT2D eigenvalue weighted by Crippen LogP contribution is 2.14. The average molecular weight is 158 g/mol. The van der Waals surface area contributed by atoms with E-state index in [4.69, 9.17) is 0 Å². The van der Waals surface area contributed by atoms with Crippen molar-refractivity contribution < 1.29 is 9.90 Å². The Balaban J connectivity index is 2.52. The molecule has 1 amide bonds. The fourth-order valence-electron chi connectivity index (χ4n) is 1.45. The maximum atomic E-state index is 11.1. The van der Waals surface area contributed by atoms with E-state index in [9.17, 15) is 9.90 Å². The molecule has 2 unspecified atom stereocenters. The van der Waals surface area contributed by atoms with Crippen LogP contribution in [0.3, 0.4) is 0 Å². The Morgan fingerprint density at radius 3 is 2.73 bits per heavy atom. The largest absolute Gasteiger partial charge is 0.392 e. The van der Waals surface area contributed by atoms with Gasteiger partial charge in [-0.2, -0.15) is 0 Å². The molecule has 0 aromatic heterocycles. The predicted molar refractivity (Wildman–Crippen MR) is 41.1 cm³/mol. The van der Waals surface area contributed by atoms with Crippen LogP contribution in [0.1, 0.15) is 6.42 Å². The molecule has 2 N–H and O–H groups in total. The molecule has 11 heavy (non-hydrogen) atoms. The third-order valence-electron chi connectivity index (χ3n) is 2.08. The summed E-state index contributed by atoms with van der Waals surface area (Å²) in [6.07, 6.45) is 0.207. The molecule has 0 aromatic carbocycles. The van der Waals surface area contributed by atoms with Crippen molar-refractivity contribution in [2.45, 2.75) is 18.6 Å². The molecule has 1 rings (SSSR count). The van der Waals surface area contributed by atoms with Crippen molar-refractivity contribution in [3.05, 3.63) is 0 Å². The molecule has 0 aromatic rings. The van der Waals surface area contributed by atoms with Gasteiger partial charge < -0.3 is 10.4 Å². The van der Waals surface area contributed by atoms with Crippen molar-refractivity contribution in [2.75, 3.05) is 20.6 Å². The van der Waals surface area contributed by atoms with E-state index in [1.807, 2.05) is 11.9 Å². The summed E-state index contributed by atoms with van der Waals surface area (Å²) in [5, 5.41) is 11.8. The molecule has 0 spiro atoms. The van der Waals surface area contributed by atoms with Crippen molar-refractivity contribution in [1.82, 2.24) is 10.2 Å². The van der Waals surface area contributed by atoms with Crippen LogP contribution in [0.5, 0.6) is 0 Å². The average Bonchev–Trinajstić information content (AvgIpc) is 2.28. The van der Waals surface area contributed by atoms with Gasteiger partial charge in [0.15, 0.2) is 0 Å². The predicted octanol–water partition coefficient (Wildman–Crippen LogP) is -1.20. The molecule has 1 aliphatic rings. The molecule has 0 bridgehead atoms. The lowest BCUT2D eigenvalue weighted by atomic mass is 10.2. The zero-order valence-corrected chi connectivity index (χ0v) is 6.87. The summed E-state index contributed by atoms with van der Waals surface area (Å²) in [5.41, 5.74) is 0. The number of likely N-dealkylation sites (N-methyl/N-ethyl adjacent to an activating group) is 2. The summed E-state index contributed by atoms with van der Waals surface area (Å²) in [4.78, 5) is 13.0. The van der Waals surface area contributed by atoms with Crippen LogP contribution in [0.4, 0.5) is 0 Å². The van der Waals surface area contributed by atoms with Gasteiger partial charge in [-0.3, -0.25) is 9.69 Å². The lowest BCUT2D eigenvalue weighted by Gasteiger charge is -2.16. The van der Waals surface area contributed by atoms with Gasteiger partial charge in [0.1, 0.15) is 0 Å². The Labute approximate surface area is 66.2 Å². The molecule has 64 valence electrons. The van der Waals surface area contributed by atoms with Crippen LogP contribution in [-0.2, 0) is 4.79 Å². The zero-order chi connectivity index (χ0) is 8.43. The minimum absolute atomic E-state index is 0.0101. The van der Waals surface area contributed by atoms with E-state index in [0.717, 1.165) is 0 Å². The normalized spacial score (nSPS) is 32.3. The van der Waals surface area contributed by atoms with E-state index in [1.54, 1.807) is 7.05 Å². The number of aliphatic hydroxyl groups is 1. The van der Waals surface area contributed by atoms with Gasteiger partial charge in [0.05, 0.1) is 12.1 Å². The van der Waals surface area contributed by atoms with Gasteiger partial charge in [0, 0.05) is 13.6 Å². The van der Waals surface area contributed by atoms with E-state index in [0.29, 0.717) is 13.0 Å². The van der Waals surface area contributed by atoms with Crippen LogP contribution < -0.4 is 5.32 Å². The number of aliphatic hydroxyl groups excluding tert-OH is 1. The van der Waals surface area contributed by atoms with Crippen molar-refractivity contribution in [3.63, 3.8) is 0 Å². The molecule has 1 saturated heterocycles. The summed E-state index contributed by atoms with van der Waals surface area (Å²) in [6, 6.07) is -0.144. The molecule has 1 aliphatic heterocycles. The Kier molecular flexibility index (Phi) is 2.46. The summed E-state index contributed by atoms with van der Waals surface area (Å²) in [7, 11) is 3.46. The van der Waals surface area contributed by atoms with Crippen molar-refractivity contribution >= 4 is 5.91 Å². The number of amides is 1. The fraction of sp³-hybridized carbons (Fsp3) is 0.857. The van der Waals surface area contributed by atoms with Crippen LogP contribution in [-0.4, -0.2) is 48.7 Å². The van der Waals surface area contributed by atoms with E-state index < -0.39 is 0 Å². The summed E-state index contributed by atoms with van der Waals surface area (Å²) in [5.74, 6) is -0.0101. The first-order valence-corrected chi connectivity index (χ1v) is 3.75. The number of carbonyl (C=O) groups excluding carboxylic acids is 1. The zero-order valence-electron chi connectivity index (χ0n) is 6.87. The van der Waals surface area contributed by atoms with Crippen LogP contribution in [0.15, 0.2) is 0 Å². The number of hydrogen-bond donors (Lipinski definition) is 2. The Morgan fingerprint density at radius 1 is 1.73 bits per heavy atom. The lowest BCUT2D eigenvalue weighted by Crippen LogP contribution is -2.39. The number of likely N-dealkylation sites (tertiary alicyclic amines) is 1. The lowest BCUT2D eigenvalue weighted by molar-refractivity contribution is -0.124. The first-order chi connectivity index (χ1) is 5.15. The van der Waals surface area contributed by atoms with Gasteiger partial charge >= 0.3 is 0 Å². The van der Waals surface area contributed by atoms with Crippen molar-refractivity contribution in [2.24, 2.45) is 0 Å². The van der Waals surface area contributed by atoms with Gasteiger partial charge in [-0.25, -0.2) is 0 Å². The molecule has 1 fully saturated rings. The highest BCUT2D eigenvalue weighted by atomic mass is 16.3. The number of rotatable bonds is 1. The molecular weight excluding hydrogens is 144 g/mol. The van der Waals surface area contributed by atoms with Gasteiger partial charge in [-0.05, 0) is 13.5 Å². The maximum Gasteiger partial charge on any atom is 0.237 e. The molecule has 4 heteroatoms. The second-order valence-electron chi connectivity index (χ2n) is 2.96. The van der Waals surface area contributed by atoms with E-state index in [1.165, 1.54) is 0 Å². The topological polar surface area (TPSA) is 52.6 Å². The summed E-state index contributed by atoms with van der Waals surface area (Å²) >= 11 is 0. The summed E-state index contributed by atoms with van der Waals surface area (Å²) < 4.78 is 0. The number of β-amino-alcohol motifs (C(OH)–C–C–N with tert-alkyl or cyclic N) is 1. The standard InChI is InChI=1S/C7H14N2O2/c1-8-7(11)6-3-5(10)4-9(6)2/h5-6,10H,3-4H2,1-2H3,(H,8,11). The van der Waals surface area contributed by atoms with E-state index in [2.05, 4.69) is 5.32 Å². The molecule has 2 atom stereocenters. The van der Waals surface area contributed by atoms with Gasteiger partial charge in [0.25, 0.3) is 0 Å². The van der Waals surface area contributed by atoms with Crippen LogP contribution in [0.2, 0.25) is 0 Å². The highest BCUT2D eigenvalue weighted by molar-refractivity contribution is 5.81. The van der Waals surface area contributed by atoms with Gasteiger partial charge in [-0.1, -0.05) is 0 Å². The number of nitrogens with zero attached hydrogens (tertiary/aromatic N) is 1. The highest BCUT2D eigenvalue weighted by Gasteiger charge is 2.32. The van der Waals surface area contributed by atoms with Crippen LogP contribution in [0.25, 0.3) is 0 Å². The molecule has 1 heterocycles. The third kappa shape index (κ3) is 1.70. The second kappa shape index (κ2) is 3.19. The van der Waals surface area contributed by atoms with E-state index >= 15 is 0 Å². The first kappa shape index (κ1) is 8.49. The van der Waals surface area contributed by atoms with Crippen molar-refractivity contribution in [1.29, 1.82) is 0 Å². The summed E-state index contributed by atoms with van der Waals surface area (Å²) in [6.45, 7) is 0.595. The third-order valence-corrected chi connectivity index (χ3v) is 2.08. The van der Waals surface area contributed by atoms with Gasteiger partial charge in [-0.15, -0.1) is 0 Å². The molecule has 0 aliphatic carbocycles. The van der Waals surface area contributed by atoms with Crippen LogP contribution >= 0.6 is 0 Å². The van der Waals surface area contributed by atoms with E-state index in [-0.39, 0.29) is 18.1 Å². The smallest absolute Gasteiger partial charge is 0.237 e. The monoisotopic (exact) mass is 158 g/mol. The Morgan fingerprint density at radius 2 is 2.36 bits per heavy atom. The minimum atomic E-state index is -0.345. The molecular formula is C7H14N2O2. The molecule has 4 nitrogen and oxygen atoms in total. The van der Waals surface area contributed by atoms with Gasteiger partial charge in [0.2, 0.25) is 5.91 Å². The second-order valence-corrected chi connectivity index (χ2v) is 2.96. The first-order valence-electron chi connectivity index (χ1n) is 3.75. The number of carbonyl (C=O) groups is 1. The Bertz CT molecular complexity index is 161. The van der Waals surface area contributed by atoms with Crippen LogP contribution in [0, 0.1) is 0 Å². The Hall–Kier alpha value is -0.610. The minimum Gasteiger partial charge on any atom is -0.392 e. The fourth-order valence-corrected chi connectivity index (χ4v) is 1.45.